The molecule has 4 rings (SSSR count). The standard InChI is InChI=1S/C25H26N2O2/c28-25(29)24-9-2-1-8-23(24)21-12-10-19(11-13-21)17-27-15-5-6-20(18-27)16-22-7-3-4-14-26-22/h1-4,7-14,20H,5-6,15-18H2,(H,28,29)/t20-/m1/s1. The number of aromatic carboxylic acids is 1. The van der Waals surface area contributed by atoms with Crippen LogP contribution in [0, 0.1) is 5.92 Å². The van der Waals surface area contributed by atoms with Gasteiger partial charge in [0.15, 0.2) is 0 Å². The van der Waals surface area contributed by atoms with Gasteiger partial charge in [-0.3, -0.25) is 9.88 Å². The zero-order valence-electron chi connectivity index (χ0n) is 16.5. The van der Waals surface area contributed by atoms with Gasteiger partial charge in [0.1, 0.15) is 0 Å². The molecule has 0 saturated carbocycles. The van der Waals surface area contributed by atoms with Crippen LogP contribution in [-0.2, 0) is 13.0 Å². The Bertz CT molecular complexity index is 954. The van der Waals surface area contributed by atoms with E-state index in [1.165, 1.54) is 24.1 Å². The van der Waals surface area contributed by atoms with Gasteiger partial charge in [0, 0.05) is 25.0 Å². The molecule has 1 aliphatic rings. The van der Waals surface area contributed by atoms with Gasteiger partial charge in [-0.1, -0.05) is 48.5 Å². The summed E-state index contributed by atoms with van der Waals surface area (Å²) in [6, 6.07) is 21.6. The molecule has 2 aromatic carbocycles. The van der Waals surface area contributed by atoms with Gasteiger partial charge in [-0.15, -0.1) is 0 Å². The van der Waals surface area contributed by atoms with Crippen molar-refractivity contribution in [3.63, 3.8) is 0 Å². The smallest absolute Gasteiger partial charge is 0.336 e. The molecule has 1 saturated heterocycles. The van der Waals surface area contributed by atoms with Gasteiger partial charge in [0.2, 0.25) is 0 Å². The predicted octanol–water partition coefficient (Wildman–Crippen LogP) is 4.90. The molecule has 1 N–H and O–H groups in total. The van der Waals surface area contributed by atoms with Crippen LogP contribution in [0.1, 0.15) is 34.5 Å². The largest absolute Gasteiger partial charge is 0.478 e. The number of benzene rings is 2. The van der Waals surface area contributed by atoms with E-state index in [4.69, 9.17) is 0 Å². The second-order valence-electron chi connectivity index (χ2n) is 7.82. The Kier molecular flexibility index (Phi) is 6.01. The zero-order chi connectivity index (χ0) is 20.1. The van der Waals surface area contributed by atoms with E-state index < -0.39 is 5.97 Å². The summed E-state index contributed by atoms with van der Waals surface area (Å²) in [6.45, 7) is 3.15. The van der Waals surface area contributed by atoms with Crippen LogP contribution in [0.4, 0.5) is 0 Å². The fourth-order valence-electron chi connectivity index (χ4n) is 4.25. The van der Waals surface area contributed by atoms with Crippen molar-refractivity contribution in [3.05, 3.63) is 89.7 Å². The van der Waals surface area contributed by atoms with E-state index in [0.717, 1.165) is 37.2 Å². The molecule has 0 amide bonds. The first-order valence-electron chi connectivity index (χ1n) is 10.2. The van der Waals surface area contributed by atoms with Crippen molar-refractivity contribution in [2.75, 3.05) is 13.1 Å². The summed E-state index contributed by atoms with van der Waals surface area (Å²) in [5.41, 5.74) is 4.49. The van der Waals surface area contributed by atoms with Crippen molar-refractivity contribution in [1.82, 2.24) is 9.88 Å². The minimum absolute atomic E-state index is 0.341. The number of carboxylic acids is 1. The van der Waals surface area contributed by atoms with Gasteiger partial charge in [-0.25, -0.2) is 4.79 Å². The van der Waals surface area contributed by atoms with Gasteiger partial charge in [0.25, 0.3) is 0 Å². The maximum absolute atomic E-state index is 11.5. The van der Waals surface area contributed by atoms with Crippen LogP contribution in [-0.4, -0.2) is 34.0 Å². The number of hydrogen-bond donors (Lipinski definition) is 1. The summed E-state index contributed by atoms with van der Waals surface area (Å²) in [5, 5.41) is 9.42. The predicted molar refractivity (Wildman–Crippen MR) is 115 cm³/mol. The van der Waals surface area contributed by atoms with Crippen LogP contribution in [0.15, 0.2) is 72.9 Å². The van der Waals surface area contributed by atoms with Gasteiger partial charge in [-0.05, 0) is 66.6 Å². The van der Waals surface area contributed by atoms with Crippen LogP contribution < -0.4 is 0 Å². The molecular weight excluding hydrogens is 360 g/mol. The first-order chi connectivity index (χ1) is 14.2. The summed E-state index contributed by atoms with van der Waals surface area (Å²) >= 11 is 0. The summed E-state index contributed by atoms with van der Waals surface area (Å²) in [5.74, 6) is -0.239. The molecular formula is C25H26N2O2. The number of likely N-dealkylation sites (tertiary alicyclic amines) is 1. The van der Waals surface area contributed by atoms with Crippen LogP contribution in [0.5, 0.6) is 0 Å². The van der Waals surface area contributed by atoms with Crippen LogP contribution >= 0.6 is 0 Å². The third-order valence-electron chi connectivity index (χ3n) is 5.66. The van der Waals surface area contributed by atoms with E-state index >= 15 is 0 Å². The second-order valence-corrected chi connectivity index (χ2v) is 7.82. The molecule has 148 valence electrons. The van der Waals surface area contributed by atoms with Crippen molar-refractivity contribution < 1.29 is 9.90 Å². The van der Waals surface area contributed by atoms with Crippen molar-refractivity contribution >= 4 is 5.97 Å². The third-order valence-corrected chi connectivity index (χ3v) is 5.66. The lowest BCUT2D eigenvalue weighted by Crippen LogP contribution is -2.35. The minimum Gasteiger partial charge on any atom is -0.478 e. The van der Waals surface area contributed by atoms with Crippen molar-refractivity contribution in [2.24, 2.45) is 5.92 Å². The fraction of sp³-hybridized carbons (Fsp3) is 0.280. The zero-order valence-corrected chi connectivity index (χ0v) is 16.5. The van der Waals surface area contributed by atoms with E-state index in [1.54, 1.807) is 12.1 Å². The molecule has 2 heterocycles. The molecule has 0 bridgehead atoms. The molecule has 1 aliphatic heterocycles. The third kappa shape index (κ3) is 4.90. The van der Waals surface area contributed by atoms with Crippen LogP contribution in [0.3, 0.4) is 0 Å². The molecule has 1 fully saturated rings. The lowest BCUT2D eigenvalue weighted by Gasteiger charge is -2.32. The van der Waals surface area contributed by atoms with Gasteiger partial charge in [-0.2, -0.15) is 0 Å². The number of piperidine rings is 1. The second kappa shape index (κ2) is 9.01. The molecule has 4 heteroatoms. The Labute approximate surface area is 171 Å². The molecule has 1 atom stereocenters. The topological polar surface area (TPSA) is 53.4 Å². The summed E-state index contributed by atoms with van der Waals surface area (Å²) in [4.78, 5) is 18.5. The quantitative estimate of drug-likeness (QED) is 0.655. The Morgan fingerprint density at radius 2 is 1.83 bits per heavy atom. The first-order valence-corrected chi connectivity index (χ1v) is 10.2. The summed E-state index contributed by atoms with van der Waals surface area (Å²) in [7, 11) is 0. The molecule has 0 spiro atoms. The Balaban J connectivity index is 1.40. The molecule has 3 aromatic rings. The SMILES string of the molecule is O=C(O)c1ccccc1-c1ccc(CN2CCC[C@H](Cc3ccccn3)C2)cc1. The van der Waals surface area contributed by atoms with E-state index in [2.05, 4.69) is 34.1 Å². The normalized spacial score (nSPS) is 17.2. The van der Waals surface area contributed by atoms with Crippen LogP contribution in [0.2, 0.25) is 0 Å². The van der Waals surface area contributed by atoms with Crippen LogP contribution in [0.25, 0.3) is 11.1 Å². The van der Waals surface area contributed by atoms with Crippen molar-refractivity contribution in [2.45, 2.75) is 25.8 Å². The molecule has 0 aliphatic carbocycles. The number of carboxylic acid groups (broad SMARTS) is 1. The maximum atomic E-state index is 11.5. The van der Waals surface area contributed by atoms with Gasteiger partial charge < -0.3 is 5.11 Å². The Hall–Kier alpha value is -2.98. The number of hydrogen-bond acceptors (Lipinski definition) is 3. The summed E-state index contributed by atoms with van der Waals surface area (Å²) in [6.07, 6.45) is 5.40. The molecule has 0 unspecified atom stereocenters. The average Bonchev–Trinajstić information content (AvgIpc) is 2.75. The first kappa shape index (κ1) is 19.3. The van der Waals surface area contributed by atoms with E-state index in [1.807, 2.05) is 36.5 Å². The highest BCUT2D eigenvalue weighted by molar-refractivity contribution is 5.95. The van der Waals surface area contributed by atoms with E-state index in [9.17, 15) is 9.90 Å². The van der Waals surface area contributed by atoms with Gasteiger partial charge >= 0.3 is 5.97 Å². The Morgan fingerprint density at radius 3 is 2.59 bits per heavy atom. The number of aromatic nitrogens is 1. The fourth-order valence-corrected chi connectivity index (χ4v) is 4.25. The van der Waals surface area contributed by atoms with E-state index in [-0.39, 0.29) is 0 Å². The lowest BCUT2D eigenvalue weighted by atomic mass is 9.92. The molecule has 29 heavy (non-hydrogen) atoms. The number of nitrogens with zero attached hydrogens (tertiary/aromatic N) is 2. The minimum atomic E-state index is -0.892. The highest BCUT2D eigenvalue weighted by atomic mass is 16.4. The highest BCUT2D eigenvalue weighted by Gasteiger charge is 2.20. The number of rotatable bonds is 6. The Morgan fingerprint density at radius 1 is 1.03 bits per heavy atom. The molecule has 0 radical (unpaired) electrons. The number of pyridine rings is 1. The average molecular weight is 386 g/mol. The maximum Gasteiger partial charge on any atom is 0.336 e. The van der Waals surface area contributed by atoms with Crippen molar-refractivity contribution in [1.29, 1.82) is 0 Å². The van der Waals surface area contributed by atoms with E-state index in [0.29, 0.717) is 11.5 Å². The molecule has 1 aromatic heterocycles. The summed E-state index contributed by atoms with van der Waals surface area (Å²) < 4.78 is 0. The highest BCUT2D eigenvalue weighted by Crippen LogP contribution is 2.26. The number of carbonyl (C=O) groups is 1. The monoisotopic (exact) mass is 386 g/mol. The lowest BCUT2D eigenvalue weighted by molar-refractivity contribution is 0.0697. The van der Waals surface area contributed by atoms with Gasteiger partial charge in [0.05, 0.1) is 5.56 Å². The molecule has 4 nitrogen and oxygen atoms in total. The van der Waals surface area contributed by atoms with Crippen molar-refractivity contribution in [3.8, 4) is 11.1 Å².